The molecule has 3 nitrogen and oxygen atoms in total. The van der Waals surface area contributed by atoms with Gasteiger partial charge >= 0.3 is 0 Å². The molecule has 1 unspecified atom stereocenters. The lowest BCUT2D eigenvalue weighted by molar-refractivity contribution is 0.199. The standard InChI is InChI=1S/C17H30N2O/c1-4-6-8-16(7-5-2)17-11-15(13-19-14-17)12-18-9-10-20-3/h11,13-14,16,18H,4-10,12H2,1-3H3. The molecule has 0 bridgehead atoms. The third-order valence-corrected chi connectivity index (χ3v) is 3.64. The highest BCUT2D eigenvalue weighted by Crippen LogP contribution is 2.26. The van der Waals surface area contributed by atoms with Gasteiger partial charge in [0.1, 0.15) is 0 Å². The Labute approximate surface area is 124 Å². The molecular formula is C17H30N2O. The number of hydrogen-bond acceptors (Lipinski definition) is 3. The molecule has 1 aromatic heterocycles. The Morgan fingerprint density at radius 2 is 2.05 bits per heavy atom. The van der Waals surface area contributed by atoms with Gasteiger partial charge in [-0.3, -0.25) is 4.98 Å². The van der Waals surface area contributed by atoms with Crippen molar-refractivity contribution in [2.75, 3.05) is 20.3 Å². The third-order valence-electron chi connectivity index (χ3n) is 3.64. The lowest BCUT2D eigenvalue weighted by Crippen LogP contribution is -2.18. The highest BCUT2D eigenvalue weighted by molar-refractivity contribution is 5.21. The minimum absolute atomic E-state index is 0.673. The molecule has 0 aliphatic carbocycles. The first kappa shape index (κ1) is 17.1. The molecule has 0 aliphatic heterocycles. The minimum atomic E-state index is 0.673. The van der Waals surface area contributed by atoms with Crippen molar-refractivity contribution in [3.63, 3.8) is 0 Å². The van der Waals surface area contributed by atoms with Crippen molar-refractivity contribution in [2.24, 2.45) is 0 Å². The zero-order valence-corrected chi connectivity index (χ0v) is 13.3. The number of pyridine rings is 1. The summed E-state index contributed by atoms with van der Waals surface area (Å²) in [6.45, 7) is 7.04. The molecule has 3 heteroatoms. The summed E-state index contributed by atoms with van der Waals surface area (Å²) in [5.41, 5.74) is 2.68. The van der Waals surface area contributed by atoms with Crippen LogP contribution in [0.5, 0.6) is 0 Å². The maximum absolute atomic E-state index is 5.04. The highest BCUT2D eigenvalue weighted by atomic mass is 16.5. The fourth-order valence-corrected chi connectivity index (χ4v) is 2.51. The summed E-state index contributed by atoms with van der Waals surface area (Å²) < 4.78 is 5.04. The summed E-state index contributed by atoms with van der Waals surface area (Å²) in [6, 6.07) is 2.32. The molecule has 0 saturated heterocycles. The van der Waals surface area contributed by atoms with E-state index in [9.17, 15) is 0 Å². The quantitative estimate of drug-likeness (QED) is 0.624. The third kappa shape index (κ3) is 6.49. The number of hydrogen-bond donors (Lipinski definition) is 1. The normalized spacial score (nSPS) is 12.6. The van der Waals surface area contributed by atoms with Gasteiger partial charge in [0.25, 0.3) is 0 Å². The number of nitrogens with one attached hydrogen (secondary N) is 1. The van der Waals surface area contributed by atoms with E-state index >= 15 is 0 Å². The van der Waals surface area contributed by atoms with Crippen molar-refractivity contribution in [2.45, 2.75) is 58.4 Å². The number of unbranched alkanes of at least 4 members (excludes halogenated alkanes) is 1. The SMILES string of the molecule is CCCCC(CCC)c1cncc(CNCCOC)c1. The van der Waals surface area contributed by atoms with E-state index in [1.165, 1.54) is 43.2 Å². The smallest absolute Gasteiger partial charge is 0.0587 e. The molecule has 0 amide bonds. The average Bonchev–Trinajstić information content (AvgIpc) is 2.48. The molecule has 0 spiro atoms. The van der Waals surface area contributed by atoms with E-state index in [-0.39, 0.29) is 0 Å². The van der Waals surface area contributed by atoms with Crippen molar-refractivity contribution in [1.29, 1.82) is 0 Å². The van der Waals surface area contributed by atoms with E-state index < -0.39 is 0 Å². The zero-order chi connectivity index (χ0) is 14.6. The molecule has 0 saturated carbocycles. The van der Waals surface area contributed by atoms with Crippen LogP contribution in [-0.2, 0) is 11.3 Å². The van der Waals surface area contributed by atoms with Gasteiger partial charge in [-0.2, -0.15) is 0 Å². The van der Waals surface area contributed by atoms with E-state index in [1.807, 2.05) is 6.20 Å². The van der Waals surface area contributed by atoms with E-state index in [4.69, 9.17) is 4.74 Å². The van der Waals surface area contributed by atoms with Gasteiger partial charge < -0.3 is 10.1 Å². The summed E-state index contributed by atoms with van der Waals surface area (Å²) in [6.07, 6.45) is 10.4. The van der Waals surface area contributed by atoms with Crippen LogP contribution in [0.25, 0.3) is 0 Å². The van der Waals surface area contributed by atoms with Crippen LogP contribution in [0.15, 0.2) is 18.5 Å². The predicted octanol–water partition coefficient (Wildman–Crippen LogP) is 3.89. The molecule has 20 heavy (non-hydrogen) atoms. The van der Waals surface area contributed by atoms with Crippen molar-refractivity contribution in [1.82, 2.24) is 10.3 Å². The average molecular weight is 278 g/mol. The Morgan fingerprint density at radius 1 is 1.20 bits per heavy atom. The van der Waals surface area contributed by atoms with Crippen LogP contribution in [0, 0.1) is 0 Å². The minimum Gasteiger partial charge on any atom is -0.383 e. The van der Waals surface area contributed by atoms with Crippen LogP contribution in [0.4, 0.5) is 0 Å². The maximum atomic E-state index is 5.04. The maximum Gasteiger partial charge on any atom is 0.0587 e. The Balaban J connectivity index is 2.58. The summed E-state index contributed by atoms with van der Waals surface area (Å²) >= 11 is 0. The fraction of sp³-hybridized carbons (Fsp3) is 0.706. The molecule has 1 aromatic rings. The first-order valence-corrected chi connectivity index (χ1v) is 7.95. The van der Waals surface area contributed by atoms with E-state index in [1.54, 1.807) is 7.11 Å². The van der Waals surface area contributed by atoms with Gasteiger partial charge in [0, 0.05) is 32.6 Å². The number of rotatable bonds is 11. The monoisotopic (exact) mass is 278 g/mol. The lowest BCUT2D eigenvalue weighted by Gasteiger charge is -2.17. The Kier molecular flexibility index (Phi) is 9.25. The number of nitrogens with zero attached hydrogens (tertiary/aromatic N) is 1. The van der Waals surface area contributed by atoms with Crippen molar-refractivity contribution < 1.29 is 4.74 Å². The van der Waals surface area contributed by atoms with Gasteiger partial charge in [0.05, 0.1) is 6.61 Å². The van der Waals surface area contributed by atoms with Crippen LogP contribution < -0.4 is 5.32 Å². The first-order valence-electron chi connectivity index (χ1n) is 7.95. The predicted molar refractivity (Wildman–Crippen MR) is 85.0 cm³/mol. The van der Waals surface area contributed by atoms with Gasteiger partial charge in [0.15, 0.2) is 0 Å². The van der Waals surface area contributed by atoms with Gasteiger partial charge in [-0.05, 0) is 29.9 Å². The summed E-state index contributed by atoms with van der Waals surface area (Å²) in [4.78, 5) is 4.42. The molecular weight excluding hydrogens is 248 g/mol. The molecule has 1 N–H and O–H groups in total. The molecule has 1 atom stereocenters. The summed E-state index contributed by atoms with van der Waals surface area (Å²) in [7, 11) is 1.73. The van der Waals surface area contributed by atoms with Crippen LogP contribution in [0.3, 0.4) is 0 Å². The van der Waals surface area contributed by atoms with E-state index in [0.717, 1.165) is 19.7 Å². The zero-order valence-electron chi connectivity index (χ0n) is 13.3. The van der Waals surface area contributed by atoms with Gasteiger partial charge in [-0.15, -0.1) is 0 Å². The van der Waals surface area contributed by atoms with E-state index in [2.05, 4.69) is 36.4 Å². The van der Waals surface area contributed by atoms with Gasteiger partial charge in [-0.1, -0.05) is 39.2 Å². The van der Waals surface area contributed by atoms with Crippen LogP contribution in [0.1, 0.15) is 63.0 Å². The topological polar surface area (TPSA) is 34.2 Å². The van der Waals surface area contributed by atoms with Crippen LogP contribution in [-0.4, -0.2) is 25.2 Å². The lowest BCUT2D eigenvalue weighted by atomic mass is 9.90. The van der Waals surface area contributed by atoms with Crippen molar-refractivity contribution in [3.05, 3.63) is 29.6 Å². The molecule has 0 radical (unpaired) electrons. The summed E-state index contributed by atoms with van der Waals surface area (Å²) in [5, 5.41) is 3.38. The van der Waals surface area contributed by atoms with Crippen molar-refractivity contribution >= 4 is 0 Å². The Bertz CT molecular complexity index is 355. The van der Waals surface area contributed by atoms with Crippen LogP contribution in [0.2, 0.25) is 0 Å². The fourth-order valence-electron chi connectivity index (χ4n) is 2.51. The van der Waals surface area contributed by atoms with Gasteiger partial charge in [-0.25, -0.2) is 0 Å². The second-order valence-corrected chi connectivity index (χ2v) is 5.42. The van der Waals surface area contributed by atoms with Gasteiger partial charge in [0.2, 0.25) is 0 Å². The number of ether oxygens (including phenoxy) is 1. The Hall–Kier alpha value is -0.930. The molecule has 0 aliphatic rings. The van der Waals surface area contributed by atoms with E-state index in [0.29, 0.717) is 5.92 Å². The molecule has 0 aromatic carbocycles. The molecule has 1 rings (SSSR count). The molecule has 1 heterocycles. The molecule has 0 fully saturated rings. The number of methoxy groups -OCH3 is 1. The van der Waals surface area contributed by atoms with Crippen molar-refractivity contribution in [3.8, 4) is 0 Å². The molecule has 114 valence electrons. The largest absolute Gasteiger partial charge is 0.383 e. The second-order valence-electron chi connectivity index (χ2n) is 5.42. The number of aromatic nitrogens is 1. The summed E-state index contributed by atoms with van der Waals surface area (Å²) in [5.74, 6) is 0.673. The highest BCUT2D eigenvalue weighted by Gasteiger charge is 2.11. The Morgan fingerprint density at radius 3 is 2.75 bits per heavy atom. The second kappa shape index (κ2) is 10.8. The first-order chi connectivity index (χ1) is 9.81. The van der Waals surface area contributed by atoms with Crippen LogP contribution >= 0.6 is 0 Å².